The number of carbonyl (C=O) groups is 1. The van der Waals surface area contributed by atoms with Gasteiger partial charge >= 0.3 is 6.09 Å². The van der Waals surface area contributed by atoms with Crippen LogP contribution in [0.4, 0.5) is 4.79 Å². The zero-order valence-electron chi connectivity index (χ0n) is 14.7. The van der Waals surface area contributed by atoms with Gasteiger partial charge in [0.1, 0.15) is 11.3 Å². The van der Waals surface area contributed by atoms with Crippen molar-refractivity contribution >= 4 is 11.7 Å². The molecule has 1 N–H and O–H groups in total. The van der Waals surface area contributed by atoms with Crippen molar-refractivity contribution in [2.45, 2.75) is 39.3 Å². The lowest BCUT2D eigenvalue weighted by atomic mass is 10.0. The number of hydrogen-bond donors (Lipinski definition) is 1. The first-order valence-electron chi connectivity index (χ1n) is 8.09. The number of alkyl carbamates (subject to hydrolysis) is 1. The average molecular weight is 339 g/mol. The molecule has 0 aliphatic heterocycles. The Balaban J connectivity index is 1.97. The minimum absolute atomic E-state index is 0.318. The SMILES string of the molecule is CC(NC(=O)OC(C)(C)C)c1cc2nccn2nc1-c1ccccn1. The van der Waals surface area contributed by atoms with Crippen LogP contribution in [0.1, 0.15) is 39.3 Å². The summed E-state index contributed by atoms with van der Waals surface area (Å²) in [7, 11) is 0. The zero-order valence-corrected chi connectivity index (χ0v) is 14.7. The van der Waals surface area contributed by atoms with Crippen LogP contribution < -0.4 is 5.32 Å². The highest BCUT2D eigenvalue weighted by molar-refractivity contribution is 5.70. The quantitative estimate of drug-likeness (QED) is 0.791. The maximum atomic E-state index is 12.1. The Morgan fingerprint density at radius 3 is 2.72 bits per heavy atom. The van der Waals surface area contributed by atoms with Gasteiger partial charge in [0, 0.05) is 24.2 Å². The van der Waals surface area contributed by atoms with E-state index in [4.69, 9.17) is 4.74 Å². The Labute approximate surface area is 146 Å². The van der Waals surface area contributed by atoms with Crippen LogP contribution in [0, 0.1) is 0 Å². The van der Waals surface area contributed by atoms with E-state index in [-0.39, 0.29) is 6.04 Å². The van der Waals surface area contributed by atoms with Crippen molar-refractivity contribution in [3.8, 4) is 11.4 Å². The fourth-order valence-electron chi connectivity index (χ4n) is 2.46. The Kier molecular flexibility index (Phi) is 4.39. The van der Waals surface area contributed by atoms with Crippen molar-refractivity contribution in [3.05, 3.63) is 48.4 Å². The predicted octanol–water partition coefficient (Wildman–Crippen LogP) is 3.38. The van der Waals surface area contributed by atoms with Crippen LogP contribution in [0.15, 0.2) is 42.9 Å². The van der Waals surface area contributed by atoms with Crippen molar-refractivity contribution in [2.24, 2.45) is 0 Å². The van der Waals surface area contributed by atoms with E-state index in [0.717, 1.165) is 11.3 Å². The van der Waals surface area contributed by atoms with E-state index in [1.165, 1.54) is 0 Å². The molecule has 3 aromatic heterocycles. The molecule has 3 heterocycles. The third kappa shape index (κ3) is 3.93. The molecule has 25 heavy (non-hydrogen) atoms. The number of ether oxygens (including phenoxy) is 1. The van der Waals surface area contributed by atoms with E-state index >= 15 is 0 Å². The molecule has 0 bridgehead atoms. The van der Waals surface area contributed by atoms with Gasteiger partial charge in [0.05, 0.1) is 11.7 Å². The molecule has 0 spiro atoms. The smallest absolute Gasteiger partial charge is 0.408 e. The Morgan fingerprint density at radius 1 is 1.24 bits per heavy atom. The van der Waals surface area contributed by atoms with Crippen molar-refractivity contribution in [3.63, 3.8) is 0 Å². The van der Waals surface area contributed by atoms with E-state index in [2.05, 4.69) is 20.4 Å². The number of pyridine rings is 1. The van der Waals surface area contributed by atoms with Gasteiger partial charge in [-0.25, -0.2) is 14.3 Å². The number of imidazole rings is 1. The molecular formula is C18H21N5O2. The first-order chi connectivity index (χ1) is 11.8. The summed E-state index contributed by atoms with van der Waals surface area (Å²) in [4.78, 5) is 20.8. The molecule has 0 aromatic carbocycles. The number of nitrogens with zero attached hydrogens (tertiary/aromatic N) is 4. The maximum Gasteiger partial charge on any atom is 0.408 e. The third-order valence-electron chi connectivity index (χ3n) is 3.52. The average Bonchev–Trinajstić information content (AvgIpc) is 3.00. The highest BCUT2D eigenvalue weighted by Gasteiger charge is 2.21. The number of aromatic nitrogens is 4. The van der Waals surface area contributed by atoms with Crippen LogP contribution in [0.2, 0.25) is 0 Å². The minimum atomic E-state index is -0.557. The molecule has 0 saturated carbocycles. The van der Waals surface area contributed by atoms with Crippen LogP contribution in [-0.2, 0) is 4.74 Å². The van der Waals surface area contributed by atoms with Crippen LogP contribution in [0.25, 0.3) is 17.0 Å². The summed E-state index contributed by atoms with van der Waals surface area (Å²) in [6.45, 7) is 7.37. The Hall–Kier alpha value is -2.96. The molecule has 0 saturated heterocycles. The summed E-state index contributed by atoms with van der Waals surface area (Å²) < 4.78 is 7.03. The van der Waals surface area contributed by atoms with Gasteiger partial charge in [-0.3, -0.25) is 4.98 Å². The number of carbonyl (C=O) groups excluding carboxylic acids is 1. The molecule has 130 valence electrons. The summed E-state index contributed by atoms with van der Waals surface area (Å²) >= 11 is 0. The molecule has 0 aliphatic carbocycles. The lowest BCUT2D eigenvalue weighted by Gasteiger charge is -2.22. The second-order valence-electron chi connectivity index (χ2n) is 6.76. The Bertz CT molecular complexity index is 883. The number of hydrogen-bond acceptors (Lipinski definition) is 5. The van der Waals surface area contributed by atoms with Gasteiger partial charge in [0.25, 0.3) is 0 Å². The first-order valence-corrected chi connectivity index (χ1v) is 8.09. The van der Waals surface area contributed by atoms with Crippen LogP contribution in [0.3, 0.4) is 0 Å². The fourth-order valence-corrected chi connectivity index (χ4v) is 2.46. The van der Waals surface area contributed by atoms with E-state index in [1.807, 2.05) is 52.0 Å². The predicted molar refractivity (Wildman–Crippen MR) is 94.0 cm³/mol. The van der Waals surface area contributed by atoms with E-state index in [1.54, 1.807) is 23.1 Å². The van der Waals surface area contributed by atoms with Gasteiger partial charge in [0.15, 0.2) is 5.65 Å². The summed E-state index contributed by atoms with van der Waals surface area (Å²) in [6, 6.07) is 7.22. The molecule has 1 amide bonds. The molecule has 7 heteroatoms. The molecule has 0 aliphatic rings. The van der Waals surface area contributed by atoms with E-state index in [0.29, 0.717) is 11.3 Å². The van der Waals surface area contributed by atoms with Crippen molar-refractivity contribution in [1.82, 2.24) is 24.9 Å². The maximum absolute atomic E-state index is 12.1. The van der Waals surface area contributed by atoms with Gasteiger partial charge < -0.3 is 10.1 Å². The van der Waals surface area contributed by atoms with Crippen molar-refractivity contribution in [2.75, 3.05) is 0 Å². The van der Waals surface area contributed by atoms with Gasteiger partial charge in [-0.2, -0.15) is 5.10 Å². The molecule has 0 radical (unpaired) electrons. The fraction of sp³-hybridized carbons (Fsp3) is 0.333. The third-order valence-corrected chi connectivity index (χ3v) is 3.52. The zero-order chi connectivity index (χ0) is 18.0. The molecule has 0 fully saturated rings. The number of fused-ring (bicyclic) bond motifs is 1. The van der Waals surface area contributed by atoms with Crippen molar-refractivity contribution < 1.29 is 9.53 Å². The molecule has 3 aromatic rings. The largest absolute Gasteiger partial charge is 0.444 e. The number of nitrogens with one attached hydrogen (secondary N) is 1. The first kappa shape index (κ1) is 16.9. The van der Waals surface area contributed by atoms with Gasteiger partial charge in [-0.1, -0.05) is 6.07 Å². The van der Waals surface area contributed by atoms with Crippen LogP contribution >= 0.6 is 0 Å². The van der Waals surface area contributed by atoms with Crippen LogP contribution in [-0.4, -0.2) is 31.3 Å². The lowest BCUT2D eigenvalue weighted by molar-refractivity contribution is 0.0508. The molecule has 7 nitrogen and oxygen atoms in total. The molecule has 1 atom stereocenters. The monoisotopic (exact) mass is 339 g/mol. The number of rotatable bonds is 3. The topological polar surface area (TPSA) is 81.4 Å². The second-order valence-corrected chi connectivity index (χ2v) is 6.76. The minimum Gasteiger partial charge on any atom is -0.444 e. The van der Waals surface area contributed by atoms with Crippen LogP contribution in [0.5, 0.6) is 0 Å². The second kappa shape index (κ2) is 6.51. The van der Waals surface area contributed by atoms with Gasteiger partial charge in [-0.05, 0) is 45.9 Å². The summed E-state index contributed by atoms with van der Waals surface area (Å²) in [5, 5.41) is 7.46. The highest BCUT2D eigenvalue weighted by atomic mass is 16.6. The van der Waals surface area contributed by atoms with Crippen molar-refractivity contribution in [1.29, 1.82) is 0 Å². The van der Waals surface area contributed by atoms with E-state index in [9.17, 15) is 4.79 Å². The lowest BCUT2D eigenvalue weighted by Crippen LogP contribution is -2.34. The standard InChI is InChI=1S/C18H21N5O2/c1-12(21-17(24)25-18(2,3)4)13-11-15-20-9-10-23(15)22-16(13)14-7-5-6-8-19-14/h5-12H,1-4H3,(H,21,24). The Morgan fingerprint density at radius 2 is 2.04 bits per heavy atom. The summed E-state index contributed by atoms with van der Waals surface area (Å²) in [5.41, 5.74) is 2.38. The summed E-state index contributed by atoms with van der Waals surface area (Å²) in [6.07, 6.45) is 4.69. The van der Waals surface area contributed by atoms with Gasteiger partial charge in [0.2, 0.25) is 0 Å². The molecule has 1 unspecified atom stereocenters. The summed E-state index contributed by atoms with van der Waals surface area (Å²) in [5.74, 6) is 0. The number of amides is 1. The normalized spacial score (nSPS) is 12.8. The highest BCUT2D eigenvalue weighted by Crippen LogP contribution is 2.26. The van der Waals surface area contributed by atoms with E-state index < -0.39 is 11.7 Å². The molecule has 3 rings (SSSR count). The molecular weight excluding hydrogens is 318 g/mol. The van der Waals surface area contributed by atoms with Gasteiger partial charge in [-0.15, -0.1) is 0 Å².